The minimum atomic E-state index is -4.63. The standard InChI is InChI=1S/C57H114NO8P/c1-6-8-10-12-14-16-18-20-22-24-25-26-27-28-29-30-31-32-33-34-36-38-40-42-44-46-48-50-57(60)66-55(54-65-67(61,62)64-52-51-58(3,4)5)53-63-56(59)49-47-45-43-41-39-37-35-23-21-19-17-15-13-11-9-7-2/h55H,6-54H2,1-5H3. The van der Waals surface area contributed by atoms with Crippen LogP contribution >= 0.6 is 7.82 Å². The van der Waals surface area contributed by atoms with Crippen molar-refractivity contribution < 1.29 is 42.1 Å². The van der Waals surface area contributed by atoms with Crippen molar-refractivity contribution in [1.82, 2.24) is 0 Å². The molecule has 0 aliphatic rings. The van der Waals surface area contributed by atoms with E-state index in [4.69, 9.17) is 18.5 Å². The molecule has 0 heterocycles. The second-order valence-electron chi connectivity index (χ2n) is 21.4. The van der Waals surface area contributed by atoms with Gasteiger partial charge in [-0.3, -0.25) is 14.2 Å². The number of carbonyl (C=O) groups is 2. The number of hydrogen-bond acceptors (Lipinski definition) is 8. The van der Waals surface area contributed by atoms with Gasteiger partial charge in [-0.05, 0) is 12.8 Å². The third kappa shape index (κ3) is 54.2. The van der Waals surface area contributed by atoms with Gasteiger partial charge in [-0.15, -0.1) is 0 Å². The van der Waals surface area contributed by atoms with Gasteiger partial charge in [0.15, 0.2) is 6.10 Å². The number of rotatable bonds is 55. The lowest BCUT2D eigenvalue weighted by molar-refractivity contribution is -0.870. The van der Waals surface area contributed by atoms with E-state index in [0.29, 0.717) is 17.4 Å². The molecular weight excluding hydrogens is 858 g/mol. The minimum Gasteiger partial charge on any atom is -0.756 e. The fraction of sp³-hybridized carbons (Fsp3) is 0.965. The number of esters is 2. The van der Waals surface area contributed by atoms with Crippen LogP contribution in [0.1, 0.15) is 303 Å². The zero-order chi connectivity index (χ0) is 49.2. The molecule has 10 heteroatoms. The van der Waals surface area contributed by atoms with Crippen molar-refractivity contribution in [3.63, 3.8) is 0 Å². The maximum Gasteiger partial charge on any atom is 0.306 e. The lowest BCUT2D eigenvalue weighted by Crippen LogP contribution is -2.37. The van der Waals surface area contributed by atoms with Gasteiger partial charge in [-0.2, -0.15) is 0 Å². The number of phosphoric ester groups is 1. The normalized spacial score (nSPS) is 13.2. The fourth-order valence-corrected chi connectivity index (χ4v) is 9.57. The van der Waals surface area contributed by atoms with Crippen molar-refractivity contribution in [3.8, 4) is 0 Å². The smallest absolute Gasteiger partial charge is 0.306 e. The molecule has 0 saturated carbocycles. The van der Waals surface area contributed by atoms with Crippen molar-refractivity contribution in [2.24, 2.45) is 0 Å². The molecule has 0 saturated heterocycles. The van der Waals surface area contributed by atoms with E-state index in [1.807, 2.05) is 21.1 Å². The molecule has 0 radical (unpaired) electrons. The summed E-state index contributed by atoms with van der Waals surface area (Å²) in [5.74, 6) is -0.810. The van der Waals surface area contributed by atoms with Crippen LogP contribution in [0.4, 0.5) is 0 Å². The van der Waals surface area contributed by atoms with E-state index in [1.54, 1.807) is 0 Å². The van der Waals surface area contributed by atoms with Crippen molar-refractivity contribution in [2.45, 2.75) is 309 Å². The number of carbonyl (C=O) groups excluding carboxylic acids is 2. The molecule has 0 aromatic heterocycles. The van der Waals surface area contributed by atoms with Crippen molar-refractivity contribution in [1.29, 1.82) is 0 Å². The molecule has 0 aromatic rings. The van der Waals surface area contributed by atoms with Crippen LogP contribution in [-0.4, -0.2) is 70.0 Å². The average molecular weight is 973 g/mol. The van der Waals surface area contributed by atoms with E-state index >= 15 is 0 Å². The Morgan fingerprint density at radius 2 is 0.672 bits per heavy atom. The number of hydrogen-bond donors (Lipinski definition) is 0. The summed E-state index contributed by atoms with van der Waals surface area (Å²) in [5, 5.41) is 0. The van der Waals surface area contributed by atoms with E-state index < -0.39 is 26.5 Å². The summed E-state index contributed by atoms with van der Waals surface area (Å²) in [6.07, 6.45) is 55.8. The summed E-state index contributed by atoms with van der Waals surface area (Å²) in [5.41, 5.74) is 0. The maximum atomic E-state index is 12.8. The summed E-state index contributed by atoms with van der Waals surface area (Å²) in [6, 6.07) is 0. The van der Waals surface area contributed by atoms with Gasteiger partial charge in [-0.1, -0.05) is 277 Å². The van der Waals surface area contributed by atoms with Crippen LogP contribution in [0.25, 0.3) is 0 Å². The molecule has 0 N–H and O–H groups in total. The SMILES string of the molecule is CCCCCCCCCCCCCCCCCCCCCCCCCCCCCC(=O)OC(COC(=O)CCCCCCCCCCCCCCCCCC)COP(=O)([O-])OCC[N+](C)(C)C. The summed E-state index contributed by atoms with van der Waals surface area (Å²) in [6.45, 7) is 4.31. The topological polar surface area (TPSA) is 111 Å². The van der Waals surface area contributed by atoms with Gasteiger partial charge in [0.05, 0.1) is 27.7 Å². The van der Waals surface area contributed by atoms with Crippen LogP contribution in [0.15, 0.2) is 0 Å². The fourth-order valence-electron chi connectivity index (χ4n) is 8.84. The summed E-state index contributed by atoms with van der Waals surface area (Å²) in [4.78, 5) is 37.8. The molecule has 0 fully saturated rings. The molecule has 400 valence electrons. The molecule has 0 spiro atoms. The number of quaternary nitrogens is 1. The summed E-state index contributed by atoms with van der Waals surface area (Å²) < 4.78 is 34.2. The van der Waals surface area contributed by atoms with Gasteiger partial charge in [0.2, 0.25) is 0 Å². The minimum absolute atomic E-state index is 0.0251. The molecule has 9 nitrogen and oxygen atoms in total. The number of likely N-dealkylation sites (N-methyl/N-ethyl adjacent to an activating group) is 1. The van der Waals surface area contributed by atoms with E-state index in [9.17, 15) is 19.0 Å². The highest BCUT2D eigenvalue weighted by Gasteiger charge is 2.22. The highest BCUT2D eigenvalue weighted by molar-refractivity contribution is 7.45. The Morgan fingerprint density at radius 1 is 0.403 bits per heavy atom. The van der Waals surface area contributed by atoms with Gasteiger partial charge in [0.1, 0.15) is 19.8 Å². The van der Waals surface area contributed by atoms with Crippen LogP contribution in [0.5, 0.6) is 0 Å². The van der Waals surface area contributed by atoms with E-state index in [1.165, 1.54) is 238 Å². The molecule has 67 heavy (non-hydrogen) atoms. The highest BCUT2D eigenvalue weighted by Crippen LogP contribution is 2.38. The van der Waals surface area contributed by atoms with Crippen LogP contribution in [0, 0.1) is 0 Å². The molecule has 0 rings (SSSR count). The number of nitrogens with zero attached hydrogens (tertiary/aromatic N) is 1. The first kappa shape index (κ1) is 66.0. The average Bonchev–Trinajstić information content (AvgIpc) is 3.29. The lowest BCUT2D eigenvalue weighted by Gasteiger charge is -2.28. The quantitative estimate of drug-likeness (QED) is 0.0256. The Hall–Kier alpha value is -0.990. The molecule has 0 aliphatic carbocycles. The summed E-state index contributed by atoms with van der Waals surface area (Å²) >= 11 is 0. The van der Waals surface area contributed by atoms with Crippen LogP contribution in [-0.2, 0) is 32.7 Å². The Balaban J connectivity index is 4.05. The Labute approximate surface area is 416 Å². The van der Waals surface area contributed by atoms with Gasteiger partial charge >= 0.3 is 11.9 Å². The summed E-state index contributed by atoms with van der Waals surface area (Å²) in [7, 11) is 1.19. The van der Waals surface area contributed by atoms with E-state index in [2.05, 4.69) is 13.8 Å². The zero-order valence-corrected chi connectivity index (χ0v) is 46.3. The van der Waals surface area contributed by atoms with Gasteiger partial charge in [-0.25, -0.2) is 0 Å². The predicted molar refractivity (Wildman–Crippen MR) is 282 cm³/mol. The first-order valence-corrected chi connectivity index (χ1v) is 30.7. The Bertz CT molecular complexity index is 1100. The number of unbranched alkanes of at least 4 members (excludes halogenated alkanes) is 41. The Morgan fingerprint density at radius 3 is 0.955 bits per heavy atom. The highest BCUT2D eigenvalue weighted by atomic mass is 31.2. The first-order valence-electron chi connectivity index (χ1n) is 29.2. The van der Waals surface area contributed by atoms with Crippen LogP contribution in [0.2, 0.25) is 0 Å². The maximum absolute atomic E-state index is 12.8. The van der Waals surface area contributed by atoms with Crippen molar-refractivity contribution in [3.05, 3.63) is 0 Å². The molecule has 0 aromatic carbocycles. The molecule has 0 bridgehead atoms. The molecule has 2 atom stereocenters. The van der Waals surface area contributed by atoms with E-state index in [0.717, 1.165) is 32.1 Å². The van der Waals surface area contributed by atoms with E-state index in [-0.39, 0.29) is 32.0 Å². The van der Waals surface area contributed by atoms with Gasteiger partial charge in [0, 0.05) is 12.8 Å². The molecular formula is C57H114NO8P. The zero-order valence-electron chi connectivity index (χ0n) is 45.4. The lowest BCUT2D eigenvalue weighted by atomic mass is 10.0. The van der Waals surface area contributed by atoms with Crippen molar-refractivity contribution in [2.75, 3.05) is 47.5 Å². The third-order valence-corrected chi connectivity index (χ3v) is 14.3. The molecule has 2 unspecified atom stereocenters. The third-order valence-electron chi connectivity index (χ3n) is 13.4. The Kier molecular flexibility index (Phi) is 49.2. The van der Waals surface area contributed by atoms with Crippen LogP contribution < -0.4 is 4.89 Å². The largest absolute Gasteiger partial charge is 0.756 e. The number of phosphoric acid groups is 1. The second kappa shape index (κ2) is 50.0. The monoisotopic (exact) mass is 972 g/mol. The number of ether oxygens (including phenoxy) is 2. The second-order valence-corrected chi connectivity index (χ2v) is 22.8. The first-order chi connectivity index (χ1) is 32.5. The van der Waals surface area contributed by atoms with Crippen LogP contribution in [0.3, 0.4) is 0 Å². The molecule has 0 amide bonds. The predicted octanol–water partition coefficient (Wildman–Crippen LogP) is 17.2. The van der Waals surface area contributed by atoms with Gasteiger partial charge in [0.25, 0.3) is 7.82 Å². The van der Waals surface area contributed by atoms with Crippen molar-refractivity contribution >= 4 is 19.8 Å². The molecule has 0 aliphatic heterocycles. The van der Waals surface area contributed by atoms with Gasteiger partial charge < -0.3 is 27.9 Å².